The number of nitrogens with zero attached hydrogens (tertiary/aromatic N) is 2. The molecule has 0 amide bonds. The van der Waals surface area contributed by atoms with Gasteiger partial charge in [0, 0.05) is 52.5 Å². The van der Waals surface area contributed by atoms with Crippen LogP contribution in [0.3, 0.4) is 0 Å². The second-order valence-corrected chi connectivity index (χ2v) is 6.63. The van der Waals surface area contributed by atoms with E-state index < -0.39 is 11.7 Å². The molecule has 0 unspecified atom stereocenters. The minimum absolute atomic E-state index is 0.520. The number of benzene rings is 1. The fourth-order valence-electron chi connectivity index (χ4n) is 2.84. The molecule has 1 aliphatic heterocycles. The normalized spacial score (nSPS) is 15.9. The highest BCUT2D eigenvalue weighted by molar-refractivity contribution is 7.80. The molecular formula is C18H26F3N3OS. The van der Waals surface area contributed by atoms with E-state index in [1.165, 1.54) is 12.1 Å². The van der Waals surface area contributed by atoms with Crippen LogP contribution in [0.25, 0.3) is 0 Å². The van der Waals surface area contributed by atoms with E-state index in [4.69, 9.17) is 17.0 Å². The Morgan fingerprint density at radius 1 is 1.23 bits per heavy atom. The fraction of sp³-hybridized carbons (Fsp3) is 0.611. The molecule has 1 saturated heterocycles. The third kappa shape index (κ3) is 6.74. The van der Waals surface area contributed by atoms with Crippen LogP contribution in [0.2, 0.25) is 0 Å². The molecular weight excluding hydrogens is 363 g/mol. The summed E-state index contributed by atoms with van der Waals surface area (Å²) in [7, 11) is 0. The van der Waals surface area contributed by atoms with Crippen molar-refractivity contribution in [2.45, 2.75) is 26.1 Å². The molecule has 4 nitrogen and oxygen atoms in total. The van der Waals surface area contributed by atoms with E-state index in [0.29, 0.717) is 12.1 Å². The zero-order chi connectivity index (χ0) is 19.0. The first-order valence-corrected chi connectivity index (χ1v) is 9.30. The Balaban J connectivity index is 1.74. The van der Waals surface area contributed by atoms with Crippen molar-refractivity contribution in [1.29, 1.82) is 0 Å². The molecule has 0 atom stereocenters. The molecule has 0 saturated carbocycles. The number of halogens is 3. The smallest absolute Gasteiger partial charge is 0.382 e. The zero-order valence-electron chi connectivity index (χ0n) is 15.0. The molecule has 0 radical (unpaired) electrons. The Morgan fingerprint density at radius 2 is 1.96 bits per heavy atom. The lowest BCUT2D eigenvalue weighted by Gasteiger charge is -2.36. The van der Waals surface area contributed by atoms with Crippen LogP contribution in [0.15, 0.2) is 24.3 Å². The van der Waals surface area contributed by atoms with Gasteiger partial charge in [-0.3, -0.25) is 4.90 Å². The quantitative estimate of drug-likeness (QED) is 0.571. The molecule has 26 heavy (non-hydrogen) atoms. The van der Waals surface area contributed by atoms with Gasteiger partial charge in [-0.1, -0.05) is 18.2 Å². The summed E-state index contributed by atoms with van der Waals surface area (Å²) in [5, 5.41) is 3.97. The standard InChI is InChI=1S/C18H26F3N3OS/c1-2-25-12-4-7-22-17(26)24-10-8-23(9-11-24)14-15-5-3-6-16(13-15)18(19,20)21/h3,5-6,13H,2,4,7-12,14H2,1H3,(H,22,26). The van der Waals surface area contributed by atoms with Crippen molar-refractivity contribution < 1.29 is 17.9 Å². The van der Waals surface area contributed by atoms with Gasteiger partial charge in [-0.05, 0) is 37.2 Å². The van der Waals surface area contributed by atoms with Crippen molar-refractivity contribution in [1.82, 2.24) is 15.1 Å². The Bertz CT molecular complexity index is 575. The van der Waals surface area contributed by atoms with Crippen LogP contribution >= 0.6 is 12.2 Å². The molecule has 1 aliphatic rings. The van der Waals surface area contributed by atoms with E-state index in [2.05, 4.69) is 15.1 Å². The fourth-order valence-corrected chi connectivity index (χ4v) is 3.12. The number of ether oxygens (including phenoxy) is 1. The summed E-state index contributed by atoms with van der Waals surface area (Å²) in [6.45, 7) is 7.81. The van der Waals surface area contributed by atoms with Gasteiger partial charge in [-0.2, -0.15) is 13.2 Å². The maximum Gasteiger partial charge on any atom is 0.416 e. The van der Waals surface area contributed by atoms with E-state index >= 15 is 0 Å². The molecule has 0 spiro atoms. The Labute approximate surface area is 158 Å². The molecule has 0 aliphatic carbocycles. The molecule has 0 bridgehead atoms. The van der Waals surface area contributed by atoms with Crippen molar-refractivity contribution in [2.24, 2.45) is 0 Å². The summed E-state index contributed by atoms with van der Waals surface area (Å²) in [6.07, 6.45) is -3.39. The van der Waals surface area contributed by atoms with Gasteiger partial charge < -0.3 is 15.0 Å². The average molecular weight is 389 g/mol. The van der Waals surface area contributed by atoms with Crippen LogP contribution < -0.4 is 5.32 Å². The maximum absolute atomic E-state index is 12.8. The topological polar surface area (TPSA) is 27.7 Å². The lowest BCUT2D eigenvalue weighted by Crippen LogP contribution is -2.51. The van der Waals surface area contributed by atoms with Gasteiger partial charge in [0.1, 0.15) is 0 Å². The van der Waals surface area contributed by atoms with Gasteiger partial charge in [0.25, 0.3) is 0 Å². The van der Waals surface area contributed by atoms with Crippen LogP contribution in [-0.2, 0) is 17.5 Å². The van der Waals surface area contributed by atoms with Crippen molar-refractivity contribution >= 4 is 17.3 Å². The molecule has 0 aromatic heterocycles. The Morgan fingerprint density at radius 3 is 2.62 bits per heavy atom. The Hall–Kier alpha value is -1.38. The van der Waals surface area contributed by atoms with Crippen molar-refractivity contribution in [3.63, 3.8) is 0 Å². The zero-order valence-corrected chi connectivity index (χ0v) is 15.8. The van der Waals surface area contributed by atoms with Gasteiger partial charge in [0.05, 0.1) is 5.56 Å². The first-order valence-electron chi connectivity index (χ1n) is 8.89. The van der Waals surface area contributed by atoms with Crippen LogP contribution in [0.4, 0.5) is 13.2 Å². The predicted molar refractivity (Wildman–Crippen MR) is 100 cm³/mol. The first kappa shape index (κ1) is 20.9. The summed E-state index contributed by atoms with van der Waals surface area (Å²) in [5.74, 6) is 0. The summed E-state index contributed by atoms with van der Waals surface area (Å²) in [6, 6.07) is 5.55. The molecule has 1 aromatic carbocycles. The second kappa shape index (κ2) is 10.1. The third-order valence-electron chi connectivity index (χ3n) is 4.27. The van der Waals surface area contributed by atoms with Crippen molar-refractivity contribution in [3.05, 3.63) is 35.4 Å². The molecule has 146 valence electrons. The number of hydrogen-bond acceptors (Lipinski definition) is 3. The lowest BCUT2D eigenvalue weighted by atomic mass is 10.1. The van der Waals surface area contributed by atoms with Crippen LogP contribution in [0, 0.1) is 0 Å². The molecule has 8 heteroatoms. The average Bonchev–Trinajstić information content (AvgIpc) is 2.61. The summed E-state index contributed by atoms with van der Waals surface area (Å²) >= 11 is 5.41. The van der Waals surface area contributed by atoms with E-state index in [9.17, 15) is 13.2 Å². The minimum Gasteiger partial charge on any atom is -0.382 e. The largest absolute Gasteiger partial charge is 0.416 e. The highest BCUT2D eigenvalue weighted by Gasteiger charge is 2.30. The van der Waals surface area contributed by atoms with E-state index in [1.54, 1.807) is 6.07 Å². The number of rotatable bonds is 7. The summed E-state index contributed by atoms with van der Waals surface area (Å²) in [5.41, 5.74) is 0.0935. The van der Waals surface area contributed by atoms with Crippen molar-refractivity contribution in [3.8, 4) is 0 Å². The summed E-state index contributed by atoms with van der Waals surface area (Å²) < 4.78 is 43.7. The van der Waals surface area contributed by atoms with Gasteiger partial charge in [-0.25, -0.2) is 0 Å². The third-order valence-corrected chi connectivity index (χ3v) is 4.67. The predicted octanol–water partition coefficient (Wildman–Crippen LogP) is 3.12. The monoisotopic (exact) mass is 389 g/mol. The highest BCUT2D eigenvalue weighted by Crippen LogP contribution is 2.29. The molecule has 1 heterocycles. The number of thiocarbonyl (C=S) groups is 1. The van der Waals surface area contributed by atoms with Crippen LogP contribution in [0.5, 0.6) is 0 Å². The van der Waals surface area contributed by atoms with Crippen LogP contribution in [0.1, 0.15) is 24.5 Å². The van der Waals surface area contributed by atoms with Gasteiger partial charge in [0.15, 0.2) is 5.11 Å². The number of alkyl halides is 3. The number of hydrogen-bond donors (Lipinski definition) is 1. The van der Waals surface area contributed by atoms with E-state index in [0.717, 1.165) is 63.5 Å². The summed E-state index contributed by atoms with van der Waals surface area (Å²) in [4.78, 5) is 4.27. The van der Waals surface area contributed by atoms with Gasteiger partial charge >= 0.3 is 6.18 Å². The van der Waals surface area contributed by atoms with Crippen molar-refractivity contribution in [2.75, 3.05) is 45.9 Å². The molecule has 1 fully saturated rings. The molecule has 1 N–H and O–H groups in total. The number of piperazine rings is 1. The highest BCUT2D eigenvalue weighted by atomic mass is 32.1. The first-order chi connectivity index (χ1) is 12.4. The minimum atomic E-state index is -4.30. The van der Waals surface area contributed by atoms with Gasteiger partial charge in [-0.15, -0.1) is 0 Å². The van der Waals surface area contributed by atoms with Crippen LogP contribution in [-0.4, -0.2) is 60.8 Å². The van der Waals surface area contributed by atoms with E-state index in [1.807, 2.05) is 6.92 Å². The SMILES string of the molecule is CCOCCCNC(=S)N1CCN(Cc2cccc(C(F)(F)F)c2)CC1. The Kier molecular flexibility index (Phi) is 8.12. The molecule has 2 rings (SSSR count). The number of nitrogens with one attached hydrogen (secondary N) is 1. The molecule has 1 aromatic rings. The second-order valence-electron chi connectivity index (χ2n) is 6.24. The van der Waals surface area contributed by atoms with Gasteiger partial charge in [0.2, 0.25) is 0 Å². The lowest BCUT2D eigenvalue weighted by molar-refractivity contribution is -0.137. The van der Waals surface area contributed by atoms with E-state index in [-0.39, 0.29) is 0 Å². The maximum atomic E-state index is 12.8.